The third-order valence-corrected chi connectivity index (χ3v) is 4.93. The van der Waals surface area contributed by atoms with Crippen molar-refractivity contribution in [3.63, 3.8) is 0 Å². The van der Waals surface area contributed by atoms with Crippen LogP contribution < -0.4 is 14.8 Å². The summed E-state index contributed by atoms with van der Waals surface area (Å²) in [6.07, 6.45) is 5.98. The average molecular weight is 369 g/mol. The molecule has 0 aliphatic carbocycles. The van der Waals surface area contributed by atoms with Crippen molar-refractivity contribution in [2.45, 2.75) is 19.4 Å². The van der Waals surface area contributed by atoms with E-state index < -0.39 is 0 Å². The lowest BCUT2D eigenvalue weighted by Gasteiger charge is -2.32. The maximum absolute atomic E-state index is 12.6. The lowest BCUT2D eigenvalue weighted by atomic mass is 9.97. The summed E-state index contributed by atoms with van der Waals surface area (Å²) in [5, 5.41) is 3.07. The number of rotatable bonds is 7. The first kappa shape index (κ1) is 19.2. The van der Waals surface area contributed by atoms with Gasteiger partial charge in [0.1, 0.15) is 0 Å². The largest absolute Gasteiger partial charge is 0.493 e. The molecule has 1 aliphatic heterocycles. The first-order chi connectivity index (χ1) is 13.2. The number of nitrogens with one attached hydrogen (secondary N) is 1. The molecule has 0 saturated carbocycles. The van der Waals surface area contributed by atoms with E-state index in [-0.39, 0.29) is 5.91 Å². The molecule has 2 aromatic rings. The number of piperidine rings is 1. The number of ether oxygens (including phenoxy) is 2. The zero-order valence-corrected chi connectivity index (χ0v) is 16.0. The van der Waals surface area contributed by atoms with Gasteiger partial charge in [0.15, 0.2) is 11.5 Å². The molecule has 1 amide bonds. The Morgan fingerprint density at radius 3 is 2.89 bits per heavy atom. The summed E-state index contributed by atoms with van der Waals surface area (Å²) in [7, 11) is 3.12. The molecule has 1 aromatic heterocycles. The molecule has 3 rings (SSSR count). The van der Waals surface area contributed by atoms with Crippen LogP contribution in [0.5, 0.6) is 11.5 Å². The number of carbonyl (C=O) groups is 1. The Balaban J connectivity index is 1.56. The number of carbonyl (C=O) groups excluding carboxylic acids is 1. The molecule has 0 radical (unpaired) electrons. The number of nitrogens with zero attached hydrogens (tertiary/aromatic N) is 2. The minimum atomic E-state index is -0.130. The summed E-state index contributed by atoms with van der Waals surface area (Å²) in [4.78, 5) is 19.3. The van der Waals surface area contributed by atoms with E-state index in [1.54, 1.807) is 38.6 Å². The van der Waals surface area contributed by atoms with Crippen molar-refractivity contribution in [3.8, 4) is 11.5 Å². The highest BCUT2D eigenvalue weighted by atomic mass is 16.5. The molecule has 1 aromatic carbocycles. The molecule has 1 saturated heterocycles. The van der Waals surface area contributed by atoms with Crippen LogP contribution in [0.2, 0.25) is 0 Å². The van der Waals surface area contributed by atoms with Gasteiger partial charge in [-0.15, -0.1) is 0 Å². The number of hydrogen-bond acceptors (Lipinski definition) is 5. The number of methoxy groups -OCH3 is 2. The zero-order valence-electron chi connectivity index (χ0n) is 16.0. The van der Waals surface area contributed by atoms with E-state index in [2.05, 4.69) is 21.3 Å². The normalized spacial score (nSPS) is 17.3. The minimum Gasteiger partial charge on any atom is -0.493 e. The second-order valence-corrected chi connectivity index (χ2v) is 6.86. The first-order valence-electron chi connectivity index (χ1n) is 9.31. The predicted molar refractivity (Wildman–Crippen MR) is 104 cm³/mol. The number of amides is 1. The fourth-order valence-corrected chi connectivity index (χ4v) is 3.61. The van der Waals surface area contributed by atoms with Crippen molar-refractivity contribution in [2.75, 3.05) is 33.9 Å². The molecular formula is C21H27N3O3. The Bertz CT molecular complexity index is 752. The molecule has 144 valence electrons. The molecule has 0 bridgehead atoms. The van der Waals surface area contributed by atoms with Crippen molar-refractivity contribution < 1.29 is 14.3 Å². The van der Waals surface area contributed by atoms with Gasteiger partial charge in [0, 0.05) is 32.0 Å². The highest BCUT2D eigenvalue weighted by Crippen LogP contribution is 2.30. The average Bonchev–Trinajstić information content (AvgIpc) is 2.72. The van der Waals surface area contributed by atoms with Crippen LogP contribution in [0.1, 0.15) is 28.8 Å². The number of hydrogen-bond donors (Lipinski definition) is 1. The van der Waals surface area contributed by atoms with E-state index in [9.17, 15) is 4.79 Å². The van der Waals surface area contributed by atoms with Crippen molar-refractivity contribution in [1.29, 1.82) is 0 Å². The Labute approximate surface area is 160 Å². The summed E-state index contributed by atoms with van der Waals surface area (Å²) in [5.41, 5.74) is 1.73. The molecule has 0 spiro atoms. The molecule has 1 aliphatic rings. The Kier molecular flexibility index (Phi) is 6.65. The second-order valence-electron chi connectivity index (χ2n) is 6.86. The molecule has 6 nitrogen and oxygen atoms in total. The van der Waals surface area contributed by atoms with E-state index >= 15 is 0 Å². The maximum Gasteiger partial charge on any atom is 0.255 e. The van der Waals surface area contributed by atoms with Crippen LogP contribution in [0.25, 0.3) is 0 Å². The van der Waals surface area contributed by atoms with E-state index in [1.807, 2.05) is 12.3 Å². The summed E-state index contributed by atoms with van der Waals surface area (Å²) >= 11 is 0. The molecule has 1 atom stereocenters. The summed E-state index contributed by atoms with van der Waals surface area (Å²) in [6, 6.07) is 9.41. The van der Waals surface area contributed by atoms with E-state index in [0.29, 0.717) is 29.5 Å². The smallest absolute Gasteiger partial charge is 0.255 e. The fraction of sp³-hybridized carbons (Fsp3) is 0.429. The zero-order chi connectivity index (χ0) is 19.1. The monoisotopic (exact) mass is 369 g/mol. The minimum absolute atomic E-state index is 0.130. The van der Waals surface area contributed by atoms with Crippen LogP contribution in [-0.4, -0.2) is 49.6 Å². The molecule has 6 heteroatoms. The third-order valence-electron chi connectivity index (χ3n) is 4.93. The standard InChI is InChI=1S/C21H27N3O3/c1-26-19-9-3-8-18(20(19)27-2)21(25)23-13-17-7-5-11-24(15-17)14-16-6-4-10-22-12-16/h3-4,6,8-10,12,17H,5,7,11,13-15H2,1-2H3,(H,23,25)/t17-/m1/s1. The van der Waals surface area contributed by atoms with Crippen LogP contribution in [0.3, 0.4) is 0 Å². The van der Waals surface area contributed by atoms with Crippen LogP contribution in [0.15, 0.2) is 42.7 Å². The van der Waals surface area contributed by atoms with Gasteiger partial charge in [-0.25, -0.2) is 0 Å². The van der Waals surface area contributed by atoms with Gasteiger partial charge in [-0.3, -0.25) is 14.7 Å². The molecule has 1 fully saturated rings. The topological polar surface area (TPSA) is 63.7 Å². The van der Waals surface area contributed by atoms with E-state index in [0.717, 1.165) is 32.5 Å². The van der Waals surface area contributed by atoms with Gasteiger partial charge in [-0.1, -0.05) is 12.1 Å². The number of benzene rings is 1. The van der Waals surface area contributed by atoms with Crippen LogP contribution in [0, 0.1) is 5.92 Å². The van der Waals surface area contributed by atoms with Gasteiger partial charge in [-0.2, -0.15) is 0 Å². The lowest BCUT2D eigenvalue weighted by Crippen LogP contribution is -2.40. The summed E-state index contributed by atoms with van der Waals surface area (Å²) in [5.74, 6) is 1.34. The van der Waals surface area contributed by atoms with Crippen molar-refractivity contribution in [2.24, 2.45) is 5.92 Å². The van der Waals surface area contributed by atoms with Gasteiger partial charge in [0.25, 0.3) is 5.91 Å². The molecule has 2 heterocycles. The Morgan fingerprint density at radius 2 is 2.15 bits per heavy atom. The molecule has 0 unspecified atom stereocenters. The fourth-order valence-electron chi connectivity index (χ4n) is 3.61. The Morgan fingerprint density at radius 1 is 1.26 bits per heavy atom. The summed E-state index contributed by atoms with van der Waals surface area (Å²) in [6.45, 7) is 3.62. The SMILES string of the molecule is COc1cccc(C(=O)NC[C@H]2CCCN(Cc3cccnc3)C2)c1OC. The number of para-hydroxylation sites is 1. The van der Waals surface area contributed by atoms with Crippen LogP contribution in [0.4, 0.5) is 0 Å². The van der Waals surface area contributed by atoms with Gasteiger partial charge < -0.3 is 14.8 Å². The molecular weight excluding hydrogens is 342 g/mol. The quantitative estimate of drug-likeness (QED) is 0.813. The van der Waals surface area contributed by atoms with Gasteiger partial charge in [0.2, 0.25) is 0 Å². The second kappa shape index (κ2) is 9.37. The number of pyridine rings is 1. The summed E-state index contributed by atoms with van der Waals surface area (Å²) < 4.78 is 10.6. The van der Waals surface area contributed by atoms with Gasteiger partial charge in [-0.05, 0) is 49.1 Å². The number of aromatic nitrogens is 1. The van der Waals surface area contributed by atoms with Crippen molar-refractivity contribution in [1.82, 2.24) is 15.2 Å². The predicted octanol–water partition coefficient (Wildman–Crippen LogP) is 2.74. The van der Waals surface area contributed by atoms with Crippen molar-refractivity contribution >= 4 is 5.91 Å². The third kappa shape index (κ3) is 4.98. The Hall–Kier alpha value is -2.60. The van der Waals surface area contributed by atoms with E-state index in [1.165, 1.54) is 5.56 Å². The van der Waals surface area contributed by atoms with Crippen LogP contribution in [-0.2, 0) is 6.54 Å². The first-order valence-corrected chi connectivity index (χ1v) is 9.31. The maximum atomic E-state index is 12.6. The lowest BCUT2D eigenvalue weighted by molar-refractivity contribution is 0.0927. The van der Waals surface area contributed by atoms with Gasteiger partial charge >= 0.3 is 0 Å². The highest BCUT2D eigenvalue weighted by Gasteiger charge is 2.22. The molecule has 1 N–H and O–H groups in total. The van der Waals surface area contributed by atoms with Gasteiger partial charge in [0.05, 0.1) is 19.8 Å². The number of likely N-dealkylation sites (tertiary alicyclic amines) is 1. The highest BCUT2D eigenvalue weighted by molar-refractivity contribution is 5.97. The van der Waals surface area contributed by atoms with E-state index in [4.69, 9.17) is 9.47 Å². The molecule has 27 heavy (non-hydrogen) atoms. The van der Waals surface area contributed by atoms with Crippen molar-refractivity contribution in [3.05, 3.63) is 53.9 Å². The van der Waals surface area contributed by atoms with Crippen LogP contribution >= 0.6 is 0 Å².